The molecule has 5 heterocycles. The maximum absolute atomic E-state index is 10.6. The third-order valence-corrected chi connectivity index (χ3v) is 6.82. The molecule has 0 saturated carbocycles. The summed E-state index contributed by atoms with van der Waals surface area (Å²) >= 11 is 0. The van der Waals surface area contributed by atoms with E-state index in [2.05, 4.69) is 58.2 Å². The number of alkyl halides is 3. The number of nitrogens with two attached hydrogens (primary N) is 1. The molecular formula is C27H30F3N9O3. The van der Waals surface area contributed by atoms with Crippen LogP contribution in [0.25, 0.3) is 22.3 Å². The van der Waals surface area contributed by atoms with E-state index in [4.69, 9.17) is 20.4 Å². The van der Waals surface area contributed by atoms with Crippen LogP contribution in [0.5, 0.6) is 0 Å². The predicted octanol–water partition coefficient (Wildman–Crippen LogP) is 3.56. The lowest BCUT2D eigenvalue weighted by molar-refractivity contribution is -0.192. The van der Waals surface area contributed by atoms with Gasteiger partial charge in [-0.15, -0.1) is 0 Å². The summed E-state index contributed by atoms with van der Waals surface area (Å²) in [7, 11) is 0. The van der Waals surface area contributed by atoms with Crippen LogP contribution >= 0.6 is 0 Å². The largest absolute Gasteiger partial charge is 0.490 e. The van der Waals surface area contributed by atoms with Gasteiger partial charge in [0.25, 0.3) is 0 Å². The smallest absolute Gasteiger partial charge is 0.475 e. The first-order valence-corrected chi connectivity index (χ1v) is 13.3. The second-order valence-electron chi connectivity index (χ2n) is 9.87. The van der Waals surface area contributed by atoms with Crippen molar-refractivity contribution in [2.45, 2.75) is 25.1 Å². The van der Waals surface area contributed by atoms with Crippen molar-refractivity contribution in [3.63, 3.8) is 0 Å². The normalized spacial score (nSPS) is 17.5. The van der Waals surface area contributed by atoms with E-state index in [1.54, 1.807) is 6.33 Å². The van der Waals surface area contributed by atoms with E-state index >= 15 is 0 Å². The topological polar surface area (TPSA) is 158 Å². The highest BCUT2D eigenvalue weighted by Crippen LogP contribution is 2.30. The zero-order valence-electron chi connectivity index (χ0n) is 22.5. The fourth-order valence-electron chi connectivity index (χ4n) is 4.75. The first kappa shape index (κ1) is 29.0. The number of hydrogen-bond acceptors (Lipinski definition) is 10. The SMILES string of the molecule is N[C@@H]1CCCN(c2ncc(Nc3ccc(-c4cc5c(N6CCOCC6)ncnc5[nH]4)cc3)cn2)C1.O=C(O)C(F)(F)F. The van der Waals surface area contributed by atoms with Crippen LogP contribution in [-0.4, -0.2) is 87.6 Å². The van der Waals surface area contributed by atoms with Crippen LogP contribution in [0, 0.1) is 0 Å². The summed E-state index contributed by atoms with van der Waals surface area (Å²) in [5.41, 5.74) is 10.8. The number of aliphatic carboxylic acids is 1. The maximum Gasteiger partial charge on any atom is 0.490 e. The summed E-state index contributed by atoms with van der Waals surface area (Å²) < 4.78 is 37.2. The summed E-state index contributed by atoms with van der Waals surface area (Å²) in [6, 6.07) is 10.6. The number of hydrogen-bond donors (Lipinski definition) is 4. The number of carboxylic acids is 1. The highest BCUT2D eigenvalue weighted by atomic mass is 19.4. The van der Waals surface area contributed by atoms with E-state index in [-0.39, 0.29) is 6.04 Å². The lowest BCUT2D eigenvalue weighted by Gasteiger charge is -2.30. The number of aromatic nitrogens is 5. The summed E-state index contributed by atoms with van der Waals surface area (Å²) in [5, 5.41) is 11.5. The molecule has 2 aliphatic heterocycles. The van der Waals surface area contributed by atoms with Crippen LogP contribution in [-0.2, 0) is 9.53 Å². The first-order chi connectivity index (χ1) is 20.2. The number of nitrogens with one attached hydrogen (secondary N) is 2. The van der Waals surface area contributed by atoms with Gasteiger partial charge in [-0.25, -0.2) is 24.7 Å². The molecule has 15 heteroatoms. The standard InChI is InChI=1S/C25H29N9O.C2HF3O2/c26-18-2-1-7-34(15-18)25-27-13-20(14-28-25)31-19-5-3-17(4-6-19)22-12-21-23(32-22)29-16-30-24(21)33-8-10-35-11-9-33;3-2(4,5)1(6)7/h3-6,12-14,16,18,31H,1-2,7-11,15,26H2,(H,29,30,32);(H,6,7)/t18-;/m1./s1. The van der Waals surface area contributed by atoms with Crippen molar-refractivity contribution in [2.24, 2.45) is 5.73 Å². The maximum atomic E-state index is 10.6. The van der Waals surface area contributed by atoms with E-state index in [9.17, 15) is 13.2 Å². The summed E-state index contributed by atoms with van der Waals surface area (Å²) in [6.45, 7) is 4.87. The minimum Gasteiger partial charge on any atom is -0.475 e. The Balaban J connectivity index is 0.000000451. The molecule has 1 atom stereocenters. The first-order valence-electron chi connectivity index (χ1n) is 13.3. The van der Waals surface area contributed by atoms with Crippen molar-refractivity contribution in [1.82, 2.24) is 24.9 Å². The molecule has 0 spiro atoms. The highest BCUT2D eigenvalue weighted by Gasteiger charge is 2.38. The van der Waals surface area contributed by atoms with Gasteiger partial charge >= 0.3 is 12.1 Å². The van der Waals surface area contributed by atoms with Crippen LogP contribution in [0.1, 0.15) is 12.8 Å². The Bertz CT molecular complexity index is 1490. The van der Waals surface area contributed by atoms with Crippen molar-refractivity contribution < 1.29 is 27.8 Å². The Morgan fingerprint density at radius 2 is 1.71 bits per heavy atom. The average Bonchev–Trinajstić information content (AvgIpc) is 3.43. The number of H-pyrrole nitrogens is 1. The van der Waals surface area contributed by atoms with Gasteiger partial charge in [-0.2, -0.15) is 13.2 Å². The van der Waals surface area contributed by atoms with Crippen molar-refractivity contribution in [2.75, 3.05) is 54.5 Å². The summed E-state index contributed by atoms with van der Waals surface area (Å²) in [5.74, 6) is -1.07. The molecule has 12 nitrogen and oxygen atoms in total. The molecule has 0 amide bonds. The van der Waals surface area contributed by atoms with E-state index in [1.807, 2.05) is 24.5 Å². The van der Waals surface area contributed by atoms with Gasteiger partial charge in [0.2, 0.25) is 5.95 Å². The number of morpholine rings is 1. The Morgan fingerprint density at radius 3 is 2.36 bits per heavy atom. The lowest BCUT2D eigenvalue weighted by Crippen LogP contribution is -2.43. The highest BCUT2D eigenvalue weighted by molar-refractivity contribution is 5.92. The molecule has 3 aromatic heterocycles. The number of rotatable bonds is 5. The molecule has 0 radical (unpaired) electrons. The minimum atomic E-state index is -5.08. The molecular weight excluding hydrogens is 555 g/mol. The van der Waals surface area contributed by atoms with Gasteiger partial charge in [0.1, 0.15) is 17.8 Å². The molecule has 1 aromatic carbocycles. The molecule has 6 rings (SSSR count). The minimum absolute atomic E-state index is 0.193. The third-order valence-electron chi connectivity index (χ3n) is 6.82. The summed E-state index contributed by atoms with van der Waals surface area (Å²) in [6.07, 6.45) is 2.31. The van der Waals surface area contributed by atoms with Crippen molar-refractivity contribution in [3.8, 4) is 11.3 Å². The number of carbonyl (C=O) groups is 1. The van der Waals surface area contributed by atoms with Crippen molar-refractivity contribution in [3.05, 3.63) is 49.1 Å². The lowest BCUT2D eigenvalue weighted by atomic mass is 10.1. The monoisotopic (exact) mass is 585 g/mol. The molecule has 4 aromatic rings. The fourth-order valence-corrected chi connectivity index (χ4v) is 4.75. The molecule has 2 saturated heterocycles. The second-order valence-corrected chi connectivity index (χ2v) is 9.87. The number of benzene rings is 1. The van der Waals surface area contributed by atoms with Crippen LogP contribution in [0.3, 0.4) is 0 Å². The Labute approximate surface area is 238 Å². The molecule has 2 aliphatic rings. The van der Waals surface area contributed by atoms with Crippen LogP contribution in [0.4, 0.5) is 36.3 Å². The van der Waals surface area contributed by atoms with Gasteiger partial charge in [-0.3, -0.25) is 0 Å². The number of fused-ring (bicyclic) bond motifs is 1. The number of carboxylic acid groups (broad SMARTS) is 1. The molecule has 0 aliphatic carbocycles. The van der Waals surface area contributed by atoms with Crippen LogP contribution < -0.4 is 20.9 Å². The fraction of sp³-hybridized carbons (Fsp3) is 0.370. The number of aromatic amines is 1. The van der Waals surface area contributed by atoms with E-state index in [1.165, 1.54) is 0 Å². The quantitative estimate of drug-likeness (QED) is 0.271. The van der Waals surface area contributed by atoms with E-state index < -0.39 is 12.1 Å². The molecule has 5 N–H and O–H groups in total. The van der Waals surface area contributed by atoms with Gasteiger partial charge in [0, 0.05) is 43.6 Å². The van der Waals surface area contributed by atoms with Crippen LogP contribution in [0.2, 0.25) is 0 Å². The summed E-state index contributed by atoms with van der Waals surface area (Å²) in [4.78, 5) is 34.8. The zero-order chi connectivity index (χ0) is 29.7. The molecule has 42 heavy (non-hydrogen) atoms. The van der Waals surface area contributed by atoms with Crippen molar-refractivity contribution >= 4 is 40.1 Å². The van der Waals surface area contributed by atoms with E-state index in [0.29, 0.717) is 0 Å². The molecule has 222 valence electrons. The number of nitrogens with zero attached hydrogens (tertiary/aromatic N) is 6. The average molecular weight is 586 g/mol. The number of ether oxygens (including phenoxy) is 1. The number of piperidine rings is 1. The van der Waals surface area contributed by atoms with Gasteiger partial charge in [-0.05, 0) is 36.6 Å². The van der Waals surface area contributed by atoms with Gasteiger partial charge < -0.3 is 35.7 Å². The Kier molecular flexibility index (Phi) is 8.68. The second kappa shape index (κ2) is 12.6. The number of halogens is 3. The zero-order valence-corrected chi connectivity index (χ0v) is 22.5. The predicted molar refractivity (Wildman–Crippen MR) is 151 cm³/mol. The molecule has 0 bridgehead atoms. The van der Waals surface area contributed by atoms with E-state index in [0.717, 1.165) is 97.7 Å². The molecule has 0 unspecified atom stereocenters. The van der Waals surface area contributed by atoms with Gasteiger partial charge in [-0.1, -0.05) is 12.1 Å². The number of anilines is 4. The van der Waals surface area contributed by atoms with Crippen LogP contribution in [0.15, 0.2) is 49.1 Å². The molecule has 2 fully saturated rings. The van der Waals surface area contributed by atoms with Crippen molar-refractivity contribution in [1.29, 1.82) is 0 Å². The van der Waals surface area contributed by atoms with Gasteiger partial charge in [0.15, 0.2) is 0 Å². The third kappa shape index (κ3) is 7.03. The van der Waals surface area contributed by atoms with Gasteiger partial charge in [0.05, 0.1) is 36.7 Å². The Hall–Kier alpha value is -4.50. The Morgan fingerprint density at radius 1 is 1.02 bits per heavy atom.